The van der Waals surface area contributed by atoms with Crippen LogP contribution < -0.4 is 0 Å². The molecule has 0 radical (unpaired) electrons. The van der Waals surface area contributed by atoms with Crippen molar-refractivity contribution in [1.82, 2.24) is 0 Å². The van der Waals surface area contributed by atoms with Gasteiger partial charge in [-0.25, -0.2) is 0 Å². The van der Waals surface area contributed by atoms with Crippen molar-refractivity contribution in [3.63, 3.8) is 0 Å². The van der Waals surface area contributed by atoms with Crippen molar-refractivity contribution < 1.29 is 24.2 Å². The molecule has 1 rings (SSSR count). The van der Waals surface area contributed by atoms with Gasteiger partial charge in [-0.05, 0) is 31.2 Å². The van der Waals surface area contributed by atoms with Crippen LogP contribution in [0, 0.1) is 0 Å². The zero-order valence-corrected chi connectivity index (χ0v) is 20.2. The molecule has 1 aromatic rings. The first-order chi connectivity index (χ1) is 15.5. The molecular formula is C27H44O5. The molecule has 32 heavy (non-hydrogen) atoms. The number of carboxylic acids is 1. The van der Waals surface area contributed by atoms with E-state index in [-0.39, 0.29) is 24.6 Å². The number of esters is 1. The molecule has 0 spiro atoms. The molecule has 0 heterocycles. The highest BCUT2D eigenvalue weighted by molar-refractivity contribution is 5.67. The van der Waals surface area contributed by atoms with Crippen LogP contribution in [0.2, 0.25) is 0 Å². The van der Waals surface area contributed by atoms with Crippen molar-refractivity contribution >= 4 is 11.9 Å². The van der Waals surface area contributed by atoms with Crippen LogP contribution in [0.3, 0.4) is 0 Å². The second kappa shape index (κ2) is 18.7. The van der Waals surface area contributed by atoms with E-state index in [9.17, 15) is 9.59 Å². The minimum absolute atomic E-state index is 0.0689. The van der Waals surface area contributed by atoms with Crippen molar-refractivity contribution in [3.05, 3.63) is 35.9 Å². The van der Waals surface area contributed by atoms with Crippen molar-refractivity contribution in [3.8, 4) is 0 Å². The summed E-state index contributed by atoms with van der Waals surface area (Å²) in [5.41, 5.74) is 1.08. The Kier molecular flexibility index (Phi) is 16.4. The summed E-state index contributed by atoms with van der Waals surface area (Å²) in [6, 6.07) is 9.90. The molecular weight excluding hydrogens is 404 g/mol. The first-order valence-electron chi connectivity index (χ1n) is 12.6. The zero-order chi connectivity index (χ0) is 23.4. The molecule has 5 nitrogen and oxygen atoms in total. The number of ether oxygens (including phenoxy) is 2. The quantitative estimate of drug-likeness (QED) is 0.171. The molecule has 2 atom stereocenters. The highest BCUT2D eigenvalue weighted by Gasteiger charge is 2.14. The summed E-state index contributed by atoms with van der Waals surface area (Å²) in [5.74, 6) is -0.962. The number of rotatable bonds is 20. The van der Waals surface area contributed by atoms with E-state index in [1.807, 2.05) is 30.3 Å². The van der Waals surface area contributed by atoms with Gasteiger partial charge < -0.3 is 14.6 Å². The van der Waals surface area contributed by atoms with Gasteiger partial charge in [-0.2, -0.15) is 0 Å². The zero-order valence-electron chi connectivity index (χ0n) is 20.2. The lowest BCUT2D eigenvalue weighted by molar-refractivity contribution is -0.147. The Balaban J connectivity index is 2.07. The normalized spacial score (nSPS) is 12.9. The van der Waals surface area contributed by atoms with Crippen molar-refractivity contribution in [1.29, 1.82) is 0 Å². The topological polar surface area (TPSA) is 72.8 Å². The third-order valence-electron chi connectivity index (χ3n) is 5.75. The summed E-state index contributed by atoms with van der Waals surface area (Å²) < 4.78 is 11.3. The molecule has 1 aromatic carbocycles. The van der Waals surface area contributed by atoms with E-state index in [1.54, 1.807) is 0 Å². The Bertz CT molecular complexity index is 601. The molecule has 0 aliphatic heterocycles. The number of carbonyl (C=O) groups excluding carboxylic acids is 1. The number of unbranched alkanes of at least 4 members (excludes halogenated alkanes) is 8. The Labute approximate surface area is 194 Å². The van der Waals surface area contributed by atoms with Crippen LogP contribution in [0.4, 0.5) is 0 Å². The van der Waals surface area contributed by atoms with Crippen LogP contribution in [-0.4, -0.2) is 29.3 Å². The molecule has 5 heteroatoms. The maximum atomic E-state index is 11.2. The Morgan fingerprint density at radius 3 is 1.88 bits per heavy atom. The minimum Gasteiger partial charge on any atom is -0.481 e. The summed E-state index contributed by atoms with van der Waals surface area (Å²) >= 11 is 0. The lowest BCUT2D eigenvalue weighted by Gasteiger charge is -2.16. The van der Waals surface area contributed by atoms with E-state index in [0.29, 0.717) is 6.61 Å². The number of aliphatic carboxylic acids is 1. The number of hydrogen-bond acceptors (Lipinski definition) is 4. The molecule has 0 saturated heterocycles. The highest BCUT2D eigenvalue weighted by Crippen LogP contribution is 2.17. The maximum Gasteiger partial charge on any atom is 0.305 e. The number of carbonyl (C=O) groups is 2. The van der Waals surface area contributed by atoms with Gasteiger partial charge in [0.25, 0.3) is 0 Å². The van der Waals surface area contributed by atoms with Gasteiger partial charge in [0.1, 0.15) is 6.10 Å². The maximum absolute atomic E-state index is 11.2. The van der Waals surface area contributed by atoms with Crippen molar-refractivity contribution in [2.45, 2.75) is 123 Å². The molecule has 0 aliphatic carbocycles. The smallest absolute Gasteiger partial charge is 0.305 e. The summed E-state index contributed by atoms with van der Waals surface area (Å²) in [6.07, 6.45) is 14.3. The molecule has 1 N–H and O–H groups in total. The average Bonchev–Trinajstić information content (AvgIpc) is 2.76. The minimum atomic E-state index is -0.798. The average molecular weight is 449 g/mol. The van der Waals surface area contributed by atoms with E-state index in [0.717, 1.165) is 56.9 Å². The fraction of sp³-hybridized carbons (Fsp3) is 0.704. The van der Waals surface area contributed by atoms with Gasteiger partial charge in [0.2, 0.25) is 0 Å². The van der Waals surface area contributed by atoms with Gasteiger partial charge in [0, 0.05) is 6.92 Å². The predicted molar refractivity (Wildman–Crippen MR) is 129 cm³/mol. The lowest BCUT2D eigenvalue weighted by atomic mass is 10.0. The predicted octanol–water partition coefficient (Wildman–Crippen LogP) is 7.07. The van der Waals surface area contributed by atoms with E-state index >= 15 is 0 Å². The molecule has 0 amide bonds. The fourth-order valence-corrected chi connectivity index (χ4v) is 3.96. The van der Waals surface area contributed by atoms with Crippen LogP contribution in [0.25, 0.3) is 0 Å². The third kappa shape index (κ3) is 15.9. The standard InChI is InChI=1S/C27H44O5/c1-3-4-18-25(32-23(2)28)19-14-9-7-5-6-8-10-15-20-26(21-27(29)30)31-22-24-16-12-11-13-17-24/h11-13,16-17,25-26H,3-10,14-15,18-22H2,1-2H3,(H,29,30). The van der Waals surface area contributed by atoms with Crippen LogP contribution >= 0.6 is 0 Å². The first-order valence-corrected chi connectivity index (χ1v) is 12.6. The molecule has 0 aromatic heterocycles. The van der Waals surface area contributed by atoms with Gasteiger partial charge >= 0.3 is 11.9 Å². The summed E-state index contributed by atoms with van der Waals surface area (Å²) in [4.78, 5) is 22.3. The second-order valence-electron chi connectivity index (χ2n) is 8.80. The van der Waals surface area contributed by atoms with E-state index in [1.165, 1.54) is 39.0 Å². The van der Waals surface area contributed by atoms with Gasteiger partial charge in [-0.1, -0.05) is 95.0 Å². The van der Waals surface area contributed by atoms with Crippen LogP contribution in [0.5, 0.6) is 0 Å². The van der Waals surface area contributed by atoms with Gasteiger partial charge in [0.15, 0.2) is 0 Å². The third-order valence-corrected chi connectivity index (χ3v) is 5.75. The van der Waals surface area contributed by atoms with Crippen LogP contribution in [-0.2, 0) is 25.7 Å². The van der Waals surface area contributed by atoms with E-state index in [2.05, 4.69) is 6.92 Å². The molecule has 0 saturated carbocycles. The lowest BCUT2D eigenvalue weighted by Crippen LogP contribution is -2.17. The number of carboxylic acid groups (broad SMARTS) is 1. The molecule has 0 fully saturated rings. The molecule has 0 aliphatic rings. The molecule has 182 valence electrons. The second-order valence-corrected chi connectivity index (χ2v) is 8.80. The van der Waals surface area contributed by atoms with Gasteiger partial charge in [-0.3, -0.25) is 9.59 Å². The van der Waals surface area contributed by atoms with E-state index in [4.69, 9.17) is 14.6 Å². The molecule has 0 bridgehead atoms. The first kappa shape index (κ1) is 28.2. The van der Waals surface area contributed by atoms with Gasteiger partial charge in [-0.15, -0.1) is 0 Å². The Morgan fingerprint density at radius 1 is 0.812 bits per heavy atom. The van der Waals surface area contributed by atoms with Crippen LogP contribution in [0.15, 0.2) is 30.3 Å². The Morgan fingerprint density at radius 2 is 1.34 bits per heavy atom. The van der Waals surface area contributed by atoms with Gasteiger partial charge in [0.05, 0.1) is 19.1 Å². The van der Waals surface area contributed by atoms with E-state index < -0.39 is 5.97 Å². The largest absolute Gasteiger partial charge is 0.481 e. The molecule has 2 unspecified atom stereocenters. The van der Waals surface area contributed by atoms with Crippen molar-refractivity contribution in [2.75, 3.05) is 0 Å². The number of hydrogen-bond donors (Lipinski definition) is 1. The van der Waals surface area contributed by atoms with Crippen LogP contribution in [0.1, 0.15) is 109 Å². The summed E-state index contributed by atoms with van der Waals surface area (Å²) in [6.45, 7) is 4.13. The Hall–Kier alpha value is -1.88. The number of benzene rings is 1. The fourth-order valence-electron chi connectivity index (χ4n) is 3.96. The SMILES string of the molecule is CCCCC(CCCCCCCCCCC(CC(=O)O)OCc1ccccc1)OC(C)=O. The summed E-state index contributed by atoms with van der Waals surface area (Å²) in [5, 5.41) is 9.14. The van der Waals surface area contributed by atoms with Crippen molar-refractivity contribution in [2.24, 2.45) is 0 Å². The summed E-state index contributed by atoms with van der Waals surface area (Å²) in [7, 11) is 0. The monoisotopic (exact) mass is 448 g/mol. The highest BCUT2D eigenvalue weighted by atomic mass is 16.5.